The molecule has 0 saturated heterocycles. The number of rotatable bonds is 7. The van der Waals surface area contributed by atoms with Gasteiger partial charge in [0.2, 0.25) is 0 Å². The molecule has 5 nitrogen and oxygen atoms in total. The Kier molecular flexibility index (Phi) is 8.41. The van der Waals surface area contributed by atoms with Gasteiger partial charge in [-0.15, -0.1) is 0 Å². The predicted octanol–water partition coefficient (Wildman–Crippen LogP) is 13.5. The fourth-order valence-corrected chi connectivity index (χ4v) is 8.20. The van der Waals surface area contributed by atoms with E-state index in [1.54, 1.807) is 0 Å². The molecule has 0 radical (unpaired) electrons. The second-order valence-electron chi connectivity index (χ2n) is 14.7. The van der Waals surface area contributed by atoms with E-state index in [0.29, 0.717) is 17.5 Å². The van der Waals surface area contributed by atoms with Gasteiger partial charge in [0.25, 0.3) is 0 Å². The minimum Gasteiger partial charge on any atom is -0.292 e. The first kappa shape index (κ1) is 34.2. The average Bonchev–Trinajstić information content (AvgIpc) is 3.74. The molecule has 0 N–H and O–H groups in total. The van der Waals surface area contributed by atoms with Gasteiger partial charge in [0.15, 0.2) is 17.5 Å². The number of aromatic nitrogens is 5. The van der Waals surface area contributed by atoms with Gasteiger partial charge in [-0.2, -0.15) is 0 Å². The molecule has 0 fully saturated rings. The summed E-state index contributed by atoms with van der Waals surface area (Å²) in [5, 5.41) is 4.68. The Hall–Kier alpha value is -8.02. The fraction of sp³-hybridized carbons (Fsp3) is 0. The van der Waals surface area contributed by atoms with E-state index >= 15 is 0 Å². The molecule has 11 aromatic rings. The van der Waals surface area contributed by atoms with Crippen molar-refractivity contribution in [1.29, 1.82) is 0 Å². The molecule has 11 rings (SSSR count). The molecule has 2 aromatic heterocycles. The number of hydrogen-bond donors (Lipinski definition) is 0. The van der Waals surface area contributed by atoms with Crippen molar-refractivity contribution in [3.63, 3.8) is 0 Å². The van der Waals surface area contributed by atoms with Crippen molar-refractivity contribution >= 4 is 32.6 Å². The molecule has 276 valence electrons. The zero-order valence-electron chi connectivity index (χ0n) is 31.9. The molecule has 59 heavy (non-hydrogen) atoms. The number of imidazole rings is 1. The van der Waals surface area contributed by atoms with Crippen LogP contribution in [-0.4, -0.2) is 24.5 Å². The Morgan fingerprint density at radius 3 is 1.22 bits per heavy atom. The Labute approximate surface area is 341 Å². The van der Waals surface area contributed by atoms with Crippen LogP contribution >= 0.6 is 0 Å². The zero-order valence-corrected chi connectivity index (χ0v) is 31.9. The Balaban J connectivity index is 1.09. The normalized spacial score (nSPS) is 11.4. The van der Waals surface area contributed by atoms with Crippen LogP contribution in [0.5, 0.6) is 0 Å². The highest BCUT2D eigenvalue weighted by molar-refractivity contribution is 6.24. The minimum atomic E-state index is 0.599. The average molecular weight is 754 g/mol. The largest absolute Gasteiger partial charge is 0.292 e. The van der Waals surface area contributed by atoms with Crippen molar-refractivity contribution in [1.82, 2.24) is 24.5 Å². The van der Waals surface area contributed by atoms with Crippen molar-refractivity contribution < 1.29 is 0 Å². The molecule has 0 amide bonds. The highest BCUT2D eigenvalue weighted by Crippen LogP contribution is 2.39. The van der Waals surface area contributed by atoms with Crippen LogP contribution in [-0.2, 0) is 0 Å². The van der Waals surface area contributed by atoms with E-state index in [4.69, 9.17) is 19.9 Å². The molecule has 5 heteroatoms. The van der Waals surface area contributed by atoms with E-state index in [1.807, 2.05) is 18.2 Å². The van der Waals surface area contributed by atoms with Crippen LogP contribution in [0, 0.1) is 0 Å². The van der Waals surface area contributed by atoms with E-state index < -0.39 is 0 Å². The topological polar surface area (TPSA) is 56.5 Å². The molecule has 0 aliphatic carbocycles. The number of benzene rings is 9. The lowest BCUT2D eigenvalue weighted by Crippen LogP contribution is -2.01. The summed E-state index contributed by atoms with van der Waals surface area (Å²) >= 11 is 0. The molecule has 0 unspecified atom stereocenters. The Morgan fingerprint density at radius 2 is 0.678 bits per heavy atom. The predicted molar refractivity (Wildman–Crippen MR) is 242 cm³/mol. The lowest BCUT2D eigenvalue weighted by atomic mass is 10.00. The summed E-state index contributed by atoms with van der Waals surface area (Å²) < 4.78 is 2.30. The number of fused-ring (bicyclic) bond motifs is 6. The standard InChI is InChI=1S/C54H35N5/c1-4-16-36(17-5-1)40-22-14-24-42(34-40)52-56-51(57-53(58-52)43-25-15-23-41(35-43)37-18-6-2-7-19-37)38-30-32-44(33-31-38)59-50-48-29-13-11-27-46(48)45-26-10-12-28-47(45)49(50)55-54(59)39-20-8-3-9-21-39/h1-35H. The second kappa shape index (κ2) is 14.5. The number of hydrogen-bond acceptors (Lipinski definition) is 4. The highest BCUT2D eigenvalue weighted by atomic mass is 15.1. The third kappa shape index (κ3) is 6.22. The summed E-state index contributed by atoms with van der Waals surface area (Å²) in [5.41, 5.74) is 11.3. The van der Waals surface area contributed by atoms with E-state index in [-0.39, 0.29) is 0 Å². The molecule has 0 spiro atoms. The number of nitrogens with zero attached hydrogens (tertiary/aromatic N) is 5. The van der Waals surface area contributed by atoms with E-state index in [2.05, 4.69) is 199 Å². The Bertz CT molecular complexity index is 3200. The van der Waals surface area contributed by atoms with Crippen LogP contribution in [0.3, 0.4) is 0 Å². The maximum absolute atomic E-state index is 5.40. The monoisotopic (exact) mass is 753 g/mol. The van der Waals surface area contributed by atoms with Crippen molar-refractivity contribution in [2.45, 2.75) is 0 Å². The van der Waals surface area contributed by atoms with Crippen LogP contribution in [0.25, 0.3) is 106 Å². The molecular weight excluding hydrogens is 719 g/mol. The maximum atomic E-state index is 5.40. The van der Waals surface area contributed by atoms with Crippen molar-refractivity contribution in [2.75, 3.05) is 0 Å². The van der Waals surface area contributed by atoms with Crippen LogP contribution in [0.1, 0.15) is 0 Å². The molecule has 0 bridgehead atoms. The van der Waals surface area contributed by atoms with E-state index in [0.717, 1.165) is 77.8 Å². The third-order valence-electron chi connectivity index (χ3n) is 11.0. The van der Waals surface area contributed by atoms with Gasteiger partial charge in [0.1, 0.15) is 5.82 Å². The SMILES string of the molecule is c1ccc(-c2cccc(-c3nc(-c4ccc(-n5c(-c6ccccc6)nc6c7ccccc7c7ccccc7c65)cc4)nc(-c4cccc(-c5ccccc5)c4)n3)c2)cc1. The van der Waals surface area contributed by atoms with Gasteiger partial charge in [-0.3, -0.25) is 4.57 Å². The smallest absolute Gasteiger partial charge is 0.164 e. The lowest BCUT2D eigenvalue weighted by molar-refractivity contribution is 1.07. The quantitative estimate of drug-likeness (QED) is 0.152. The van der Waals surface area contributed by atoms with Gasteiger partial charge in [-0.1, -0.05) is 176 Å². The first-order valence-corrected chi connectivity index (χ1v) is 19.8. The molecule has 0 aliphatic rings. The second-order valence-corrected chi connectivity index (χ2v) is 14.7. The molecule has 0 atom stereocenters. The fourth-order valence-electron chi connectivity index (χ4n) is 8.20. The van der Waals surface area contributed by atoms with Gasteiger partial charge >= 0.3 is 0 Å². The van der Waals surface area contributed by atoms with Gasteiger partial charge in [0, 0.05) is 38.7 Å². The van der Waals surface area contributed by atoms with Crippen molar-refractivity contribution in [3.05, 3.63) is 212 Å². The van der Waals surface area contributed by atoms with Crippen LogP contribution in [0.4, 0.5) is 0 Å². The molecule has 2 heterocycles. The summed E-state index contributed by atoms with van der Waals surface area (Å²) in [4.78, 5) is 20.8. The van der Waals surface area contributed by atoms with E-state index in [1.165, 1.54) is 10.8 Å². The molecular formula is C54H35N5. The van der Waals surface area contributed by atoms with Gasteiger partial charge in [-0.05, 0) is 69.4 Å². The van der Waals surface area contributed by atoms with Gasteiger partial charge < -0.3 is 0 Å². The van der Waals surface area contributed by atoms with E-state index in [9.17, 15) is 0 Å². The van der Waals surface area contributed by atoms with Gasteiger partial charge in [-0.25, -0.2) is 19.9 Å². The van der Waals surface area contributed by atoms with Crippen molar-refractivity contribution in [3.8, 4) is 73.5 Å². The summed E-state index contributed by atoms with van der Waals surface area (Å²) in [7, 11) is 0. The molecule has 0 saturated carbocycles. The summed E-state index contributed by atoms with van der Waals surface area (Å²) in [6.07, 6.45) is 0. The molecule has 0 aliphatic heterocycles. The van der Waals surface area contributed by atoms with Crippen LogP contribution in [0.15, 0.2) is 212 Å². The summed E-state index contributed by atoms with van der Waals surface area (Å²) in [6.45, 7) is 0. The van der Waals surface area contributed by atoms with Crippen molar-refractivity contribution in [2.24, 2.45) is 0 Å². The highest BCUT2D eigenvalue weighted by Gasteiger charge is 2.21. The molecule has 9 aromatic carbocycles. The first-order valence-electron chi connectivity index (χ1n) is 19.8. The van der Waals surface area contributed by atoms with Crippen LogP contribution < -0.4 is 0 Å². The van der Waals surface area contributed by atoms with Gasteiger partial charge in [0.05, 0.1) is 11.0 Å². The third-order valence-corrected chi connectivity index (χ3v) is 11.0. The first-order chi connectivity index (χ1) is 29.2. The Morgan fingerprint density at radius 1 is 0.271 bits per heavy atom. The lowest BCUT2D eigenvalue weighted by Gasteiger charge is -2.14. The summed E-state index contributed by atoms with van der Waals surface area (Å²) in [5.74, 6) is 2.71. The van der Waals surface area contributed by atoms with Crippen LogP contribution in [0.2, 0.25) is 0 Å². The minimum absolute atomic E-state index is 0.599. The zero-order chi connectivity index (χ0) is 39.1. The maximum Gasteiger partial charge on any atom is 0.164 e. The summed E-state index contributed by atoms with van der Waals surface area (Å²) in [6, 6.07) is 73.8.